The first-order valence-corrected chi connectivity index (χ1v) is 6.11. The number of aryl methyl sites for hydroxylation is 3. The SMILES string of the molecule is [C]#CCCCCCc1cc(C)cc(C)c1C. The smallest absolute Gasteiger partial charge is 0.00989 e. The van der Waals surface area contributed by atoms with E-state index in [0.717, 1.165) is 12.8 Å². The molecule has 85 valence electrons. The maximum Gasteiger partial charge on any atom is 0.00989 e. The van der Waals surface area contributed by atoms with Crippen molar-refractivity contribution in [3.8, 4) is 5.92 Å². The average molecular weight is 213 g/mol. The molecule has 0 N–H and O–H groups in total. The summed E-state index contributed by atoms with van der Waals surface area (Å²) >= 11 is 0. The highest BCUT2D eigenvalue weighted by atomic mass is 14.1. The maximum absolute atomic E-state index is 6.84. The number of hydrogen-bond donors (Lipinski definition) is 0. The molecule has 0 nitrogen and oxygen atoms in total. The van der Waals surface area contributed by atoms with E-state index in [2.05, 4.69) is 38.8 Å². The molecule has 0 saturated heterocycles. The highest BCUT2D eigenvalue weighted by Gasteiger charge is 2.02. The van der Waals surface area contributed by atoms with E-state index in [9.17, 15) is 0 Å². The molecule has 1 rings (SSSR count). The normalized spacial score (nSPS) is 10.1. The van der Waals surface area contributed by atoms with Crippen LogP contribution in [0.25, 0.3) is 0 Å². The molecule has 0 spiro atoms. The van der Waals surface area contributed by atoms with Gasteiger partial charge < -0.3 is 0 Å². The minimum Gasteiger partial charge on any atom is -0.0891 e. The molecule has 1 radical (unpaired) electrons. The zero-order chi connectivity index (χ0) is 12.0. The van der Waals surface area contributed by atoms with Crippen molar-refractivity contribution in [2.45, 2.75) is 52.9 Å². The van der Waals surface area contributed by atoms with Gasteiger partial charge in [0.05, 0.1) is 0 Å². The third kappa shape index (κ3) is 3.74. The van der Waals surface area contributed by atoms with Gasteiger partial charge in [0.15, 0.2) is 0 Å². The Kier molecular flexibility index (Phi) is 5.12. The van der Waals surface area contributed by atoms with Crippen molar-refractivity contribution in [1.29, 1.82) is 0 Å². The monoisotopic (exact) mass is 213 g/mol. The molecule has 0 unspecified atom stereocenters. The van der Waals surface area contributed by atoms with Crippen LogP contribution < -0.4 is 0 Å². The second kappa shape index (κ2) is 6.38. The molecule has 0 aromatic heterocycles. The highest BCUT2D eigenvalue weighted by Crippen LogP contribution is 2.18. The number of hydrogen-bond acceptors (Lipinski definition) is 0. The zero-order valence-corrected chi connectivity index (χ0v) is 10.7. The van der Waals surface area contributed by atoms with Gasteiger partial charge in [0.1, 0.15) is 0 Å². The average Bonchev–Trinajstić information content (AvgIpc) is 2.24. The van der Waals surface area contributed by atoms with Crippen LogP contribution in [0.3, 0.4) is 0 Å². The first kappa shape index (κ1) is 12.8. The van der Waals surface area contributed by atoms with Crippen LogP contribution >= 0.6 is 0 Å². The summed E-state index contributed by atoms with van der Waals surface area (Å²) in [5.74, 6) is 2.45. The number of unbranched alkanes of at least 4 members (excludes halogenated alkanes) is 3. The molecule has 0 atom stereocenters. The van der Waals surface area contributed by atoms with Gasteiger partial charge in [0.2, 0.25) is 0 Å². The van der Waals surface area contributed by atoms with Crippen molar-refractivity contribution in [2.24, 2.45) is 0 Å². The van der Waals surface area contributed by atoms with Gasteiger partial charge in [0.25, 0.3) is 0 Å². The molecule has 0 bridgehead atoms. The number of benzene rings is 1. The van der Waals surface area contributed by atoms with Crippen molar-refractivity contribution in [1.82, 2.24) is 0 Å². The van der Waals surface area contributed by atoms with Crippen LogP contribution in [0.15, 0.2) is 12.1 Å². The Morgan fingerprint density at radius 2 is 1.81 bits per heavy atom. The number of rotatable bonds is 5. The standard InChI is InChI=1S/C16H21/c1-5-6-7-8-9-10-16-12-13(2)11-14(3)15(16)4/h11-12H,6-10H2,2-4H3. The highest BCUT2D eigenvalue weighted by molar-refractivity contribution is 5.37. The molecule has 0 amide bonds. The van der Waals surface area contributed by atoms with E-state index in [1.165, 1.54) is 41.5 Å². The molecule has 0 aliphatic heterocycles. The van der Waals surface area contributed by atoms with Crippen LogP contribution in [0.2, 0.25) is 0 Å². The van der Waals surface area contributed by atoms with Crippen LogP contribution in [0.5, 0.6) is 0 Å². The largest absolute Gasteiger partial charge is 0.0891 e. The second-order valence-corrected chi connectivity index (χ2v) is 4.60. The van der Waals surface area contributed by atoms with Crippen LogP contribution in [0.4, 0.5) is 0 Å². The lowest BCUT2D eigenvalue weighted by Crippen LogP contribution is -1.94. The third-order valence-electron chi connectivity index (χ3n) is 3.17. The van der Waals surface area contributed by atoms with Gasteiger partial charge in [-0.1, -0.05) is 30.0 Å². The molecule has 0 aliphatic carbocycles. The fourth-order valence-electron chi connectivity index (χ4n) is 2.09. The third-order valence-corrected chi connectivity index (χ3v) is 3.17. The van der Waals surface area contributed by atoms with Gasteiger partial charge in [-0.3, -0.25) is 0 Å². The molecule has 0 saturated carbocycles. The summed E-state index contributed by atoms with van der Waals surface area (Å²) < 4.78 is 0. The summed E-state index contributed by atoms with van der Waals surface area (Å²) in [5, 5.41) is 0. The van der Waals surface area contributed by atoms with E-state index in [1.54, 1.807) is 0 Å². The lowest BCUT2D eigenvalue weighted by atomic mass is 9.96. The van der Waals surface area contributed by atoms with E-state index >= 15 is 0 Å². The van der Waals surface area contributed by atoms with Crippen LogP contribution in [-0.2, 0) is 6.42 Å². The second-order valence-electron chi connectivity index (χ2n) is 4.60. The summed E-state index contributed by atoms with van der Waals surface area (Å²) in [6, 6.07) is 4.56. The van der Waals surface area contributed by atoms with Crippen molar-refractivity contribution in [3.05, 3.63) is 40.8 Å². The van der Waals surface area contributed by atoms with Gasteiger partial charge in [-0.25, -0.2) is 0 Å². The Balaban J connectivity index is 2.51. The van der Waals surface area contributed by atoms with Crippen molar-refractivity contribution in [3.63, 3.8) is 0 Å². The van der Waals surface area contributed by atoms with E-state index in [4.69, 9.17) is 6.42 Å². The molecule has 0 heteroatoms. The summed E-state index contributed by atoms with van der Waals surface area (Å²) in [6.07, 6.45) is 12.4. The van der Waals surface area contributed by atoms with E-state index < -0.39 is 0 Å². The molecule has 0 fully saturated rings. The van der Waals surface area contributed by atoms with Crippen molar-refractivity contribution in [2.75, 3.05) is 0 Å². The molecular formula is C16H21. The first-order chi connectivity index (χ1) is 7.65. The predicted molar refractivity (Wildman–Crippen MR) is 70.0 cm³/mol. The zero-order valence-electron chi connectivity index (χ0n) is 10.7. The molecule has 1 aromatic carbocycles. The fourth-order valence-corrected chi connectivity index (χ4v) is 2.09. The quantitative estimate of drug-likeness (QED) is 0.505. The maximum atomic E-state index is 6.84. The molecule has 0 aliphatic rings. The van der Waals surface area contributed by atoms with E-state index in [0.29, 0.717) is 0 Å². The predicted octanol–water partition coefficient (Wildman–Crippen LogP) is 4.30. The Bertz CT molecular complexity index is 380. The van der Waals surface area contributed by atoms with Crippen molar-refractivity contribution < 1.29 is 0 Å². The van der Waals surface area contributed by atoms with Crippen LogP contribution in [-0.4, -0.2) is 0 Å². The lowest BCUT2D eigenvalue weighted by molar-refractivity contribution is 0.690. The minimum atomic E-state index is 0.811. The molecule has 16 heavy (non-hydrogen) atoms. The Hall–Kier alpha value is -1.22. The molecule has 1 aromatic rings. The van der Waals surface area contributed by atoms with Gasteiger partial charge in [-0.15, -0.1) is 0 Å². The van der Waals surface area contributed by atoms with E-state index in [1.807, 2.05) is 0 Å². The fraction of sp³-hybridized carbons (Fsp3) is 0.500. The van der Waals surface area contributed by atoms with E-state index in [-0.39, 0.29) is 0 Å². The summed E-state index contributed by atoms with van der Waals surface area (Å²) in [5.41, 5.74) is 5.72. The van der Waals surface area contributed by atoms with Gasteiger partial charge in [0, 0.05) is 6.42 Å². The Labute approximate surface area is 100 Å². The molecular weight excluding hydrogens is 192 g/mol. The topological polar surface area (TPSA) is 0 Å². The van der Waals surface area contributed by atoms with Gasteiger partial charge >= 0.3 is 0 Å². The minimum absolute atomic E-state index is 0.811. The summed E-state index contributed by atoms with van der Waals surface area (Å²) in [4.78, 5) is 0. The lowest BCUT2D eigenvalue weighted by Gasteiger charge is -2.10. The summed E-state index contributed by atoms with van der Waals surface area (Å²) in [7, 11) is 0. The first-order valence-electron chi connectivity index (χ1n) is 6.11. The van der Waals surface area contributed by atoms with Crippen molar-refractivity contribution >= 4 is 0 Å². The summed E-state index contributed by atoms with van der Waals surface area (Å²) in [6.45, 7) is 6.57. The van der Waals surface area contributed by atoms with Gasteiger partial charge in [-0.2, -0.15) is 0 Å². The Morgan fingerprint density at radius 1 is 1.06 bits per heavy atom. The van der Waals surface area contributed by atoms with Crippen LogP contribution in [0.1, 0.15) is 47.9 Å². The Morgan fingerprint density at radius 3 is 2.50 bits per heavy atom. The van der Waals surface area contributed by atoms with Gasteiger partial charge in [-0.05, 0) is 63.1 Å². The van der Waals surface area contributed by atoms with Crippen LogP contribution in [0, 0.1) is 33.1 Å². The molecule has 0 heterocycles.